The number of aryl methyl sites for hydroxylation is 1. The van der Waals surface area contributed by atoms with Gasteiger partial charge in [-0.2, -0.15) is 15.1 Å². The molecule has 1 aliphatic heterocycles. The lowest BCUT2D eigenvalue weighted by molar-refractivity contribution is -0.119. The molecule has 10 nitrogen and oxygen atoms in total. The number of anilines is 2. The molecule has 1 aromatic heterocycles. The summed E-state index contributed by atoms with van der Waals surface area (Å²) in [6.07, 6.45) is 2.30. The summed E-state index contributed by atoms with van der Waals surface area (Å²) in [7, 11) is 0. The maximum Gasteiger partial charge on any atom is 0.319 e. The SMILES string of the molecule is Cc1cccc(N/N=C/c2cc(N3CCOCC3)nc(OCCN(C=O)CCO)n2)c1. The first kappa shape index (κ1) is 22.4. The van der Waals surface area contributed by atoms with Gasteiger partial charge >= 0.3 is 6.01 Å². The summed E-state index contributed by atoms with van der Waals surface area (Å²) in [4.78, 5) is 23.4. The molecule has 0 unspecified atom stereocenters. The number of hydrogen-bond acceptors (Lipinski definition) is 9. The summed E-state index contributed by atoms with van der Waals surface area (Å²) in [5.41, 5.74) is 5.61. The number of rotatable bonds is 11. The molecular formula is C21H28N6O4. The van der Waals surface area contributed by atoms with Crippen LogP contribution in [0.2, 0.25) is 0 Å². The van der Waals surface area contributed by atoms with Gasteiger partial charge in [-0.1, -0.05) is 12.1 Å². The number of morpholine rings is 1. The van der Waals surface area contributed by atoms with Crippen molar-refractivity contribution in [1.82, 2.24) is 14.9 Å². The van der Waals surface area contributed by atoms with Gasteiger partial charge in [0.05, 0.1) is 44.0 Å². The van der Waals surface area contributed by atoms with Crippen molar-refractivity contribution >= 4 is 24.1 Å². The fourth-order valence-corrected chi connectivity index (χ4v) is 3.00. The molecule has 1 aromatic carbocycles. The molecule has 0 radical (unpaired) electrons. The van der Waals surface area contributed by atoms with Gasteiger partial charge in [-0.15, -0.1) is 0 Å². The molecule has 0 bridgehead atoms. The van der Waals surface area contributed by atoms with Crippen molar-refractivity contribution < 1.29 is 19.4 Å². The largest absolute Gasteiger partial charge is 0.462 e. The highest BCUT2D eigenvalue weighted by atomic mass is 16.5. The van der Waals surface area contributed by atoms with Crippen LogP contribution in [0.4, 0.5) is 11.5 Å². The summed E-state index contributed by atoms with van der Waals surface area (Å²) in [6, 6.07) is 9.96. The Labute approximate surface area is 181 Å². The fourth-order valence-electron chi connectivity index (χ4n) is 3.00. The number of carbonyl (C=O) groups excluding carboxylic acids is 1. The third kappa shape index (κ3) is 7.19. The molecule has 0 aliphatic carbocycles. The van der Waals surface area contributed by atoms with E-state index in [0.29, 0.717) is 31.9 Å². The maximum absolute atomic E-state index is 11.0. The second kappa shape index (κ2) is 11.8. The van der Waals surface area contributed by atoms with Crippen LogP contribution in [0.25, 0.3) is 0 Å². The molecule has 166 valence electrons. The molecule has 0 spiro atoms. The van der Waals surface area contributed by atoms with E-state index in [9.17, 15) is 4.79 Å². The Morgan fingerprint density at radius 3 is 2.87 bits per heavy atom. The molecular weight excluding hydrogens is 400 g/mol. The average Bonchev–Trinajstić information content (AvgIpc) is 2.79. The lowest BCUT2D eigenvalue weighted by Crippen LogP contribution is -2.37. The zero-order valence-electron chi connectivity index (χ0n) is 17.6. The minimum atomic E-state index is -0.101. The third-order valence-corrected chi connectivity index (χ3v) is 4.60. The highest BCUT2D eigenvalue weighted by molar-refractivity contribution is 5.79. The van der Waals surface area contributed by atoms with Gasteiger partial charge in [0.25, 0.3) is 0 Å². The quantitative estimate of drug-likeness (QED) is 0.308. The normalized spacial score (nSPS) is 13.9. The molecule has 3 rings (SSSR count). The van der Waals surface area contributed by atoms with Crippen LogP contribution >= 0.6 is 0 Å². The van der Waals surface area contributed by atoms with Crippen molar-refractivity contribution in [2.24, 2.45) is 5.10 Å². The van der Waals surface area contributed by atoms with Gasteiger partial charge in [0.2, 0.25) is 6.41 Å². The van der Waals surface area contributed by atoms with Crippen molar-refractivity contribution in [3.63, 3.8) is 0 Å². The number of aromatic nitrogens is 2. The first-order chi connectivity index (χ1) is 15.2. The van der Waals surface area contributed by atoms with E-state index in [1.54, 1.807) is 6.21 Å². The van der Waals surface area contributed by atoms with Gasteiger partial charge < -0.3 is 24.4 Å². The third-order valence-electron chi connectivity index (χ3n) is 4.60. The van der Waals surface area contributed by atoms with Gasteiger partial charge in [-0.3, -0.25) is 10.2 Å². The minimum absolute atomic E-state index is 0.101. The molecule has 0 atom stereocenters. The lowest BCUT2D eigenvalue weighted by Gasteiger charge is -2.28. The number of amides is 1. The van der Waals surface area contributed by atoms with Gasteiger partial charge in [0.15, 0.2) is 0 Å². The Bertz CT molecular complexity index is 873. The van der Waals surface area contributed by atoms with Crippen molar-refractivity contribution in [2.45, 2.75) is 6.92 Å². The first-order valence-electron chi connectivity index (χ1n) is 10.2. The Morgan fingerprint density at radius 1 is 1.29 bits per heavy atom. The van der Waals surface area contributed by atoms with E-state index in [-0.39, 0.29) is 25.8 Å². The van der Waals surface area contributed by atoms with E-state index >= 15 is 0 Å². The minimum Gasteiger partial charge on any atom is -0.462 e. The number of aliphatic hydroxyl groups is 1. The summed E-state index contributed by atoms with van der Waals surface area (Å²) < 4.78 is 11.1. The summed E-state index contributed by atoms with van der Waals surface area (Å²) in [5.74, 6) is 0.730. The lowest BCUT2D eigenvalue weighted by atomic mass is 10.2. The highest BCUT2D eigenvalue weighted by Gasteiger charge is 2.15. The number of hydrogen-bond donors (Lipinski definition) is 2. The molecule has 10 heteroatoms. The van der Waals surface area contributed by atoms with Gasteiger partial charge in [0, 0.05) is 25.7 Å². The zero-order chi connectivity index (χ0) is 21.9. The van der Waals surface area contributed by atoms with Crippen LogP contribution in [0, 0.1) is 6.92 Å². The van der Waals surface area contributed by atoms with E-state index in [1.165, 1.54) is 4.90 Å². The Hall–Kier alpha value is -3.24. The number of carbonyl (C=O) groups is 1. The Balaban J connectivity index is 1.71. The van der Waals surface area contributed by atoms with Gasteiger partial charge in [0.1, 0.15) is 12.4 Å². The van der Waals surface area contributed by atoms with Crippen LogP contribution in [-0.4, -0.2) is 85.2 Å². The van der Waals surface area contributed by atoms with E-state index in [1.807, 2.05) is 37.3 Å². The average molecular weight is 428 g/mol. The summed E-state index contributed by atoms with van der Waals surface area (Å²) >= 11 is 0. The van der Waals surface area contributed by atoms with Crippen LogP contribution < -0.4 is 15.1 Å². The van der Waals surface area contributed by atoms with E-state index in [4.69, 9.17) is 14.6 Å². The number of nitrogens with one attached hydrogen (secondary N) is 1. The molecule has 31 heavy (non-hydrogen) atoms. The van der Waals surface area contributed by atoms with Crippen molar-refractivity contribution in [1.29, 1.82) is 0 Å². The van der Waals surface area contributed by atoms with Crippen LogP contribution in [0.15, 0.2) is 35.4 Å². The number of benzene rings is 1. The van der Waals surface area contributed by atoms with Crippen molar-refractivity contribution in [3.8, 4) is 6.01 Å². The number of nitrogens with zero attached hydrogens (tertiary/aromatic N) is 5. The van der Waals surface area contributed by atoms with Gasteiger partial charge in [-0.25, -0.2) is 0 Å². The topological polar surface area (TPSA) is 112 Å². The monoisotopic (exact) mass is 428 g/mol. The highest BCUT2D eigenvalue weighted by Crippen LogP contribution is 2.17. The molecule has 2 heterocycles. The first-order valence-corrected chi connectivity index (χ1v) is 10.2. The number of aliphatic hydroxyl groups excluding tert-OH is 1. The molecule has 1 aliphatic rings. The summed E-state index contributed by atoms with van der Waals surface area (Å²) in [6.45, 7) is 5.43. The standard InChI is InChI=1S/C21H28N6O4/c1-17-3-2-4-18(13-17)25-22-15-19-14-20(27-7-10-30-11-8-27)24-21(23-19)31-12-6-26(16-29)5-9-28/h2-4,13-16,25,28H,5-12H2,1H3/b22-15+. The number of ether oxygens (including phenoxy) is 2. The second-order valence-electron chi connectivity index (χ2n) is 6.99. The molecule has 1 amide bonds. The molecule has 0 saturated carbocycles. The zero-order valence-corrected chi connectivity index (χ0v) is 17.6. The van der Waals surface area contributed by atoms with Crippen molar-refractivity contribution in [3.05, 3.63) is 41.6 Å². The number of hydrazone groups is 1. The van der Waals surface area contributed by atoms with Crippen LogP contribution in [-0.2, 0) is 9.53 Å². The van der Waals surface area contributed by atoms with E-state index in [2.05, 4.69) is 25.4 Å². The van der Waals surface area contributed by atoms with E-state index in [0.717, 1.165) is 30.2 Å². The predicted molar refractivity (Wildman–Crippen MR) is 118 cm³/mol. The predicted octanol–water partition coefficient (Wildman–Crippen LogP) is 0.897. The smallest absolute Gasteiger partial charge is 0.319 e. The van der Waals surface area contributed by atoms with E-state index < -0.39 is 0 Å². The van der Waals surface area contributed by atoms with Gasteiger partial charge in [-0.05, 0) is 24.6 Å². The maximum atomic E-state index is 11.0. The van der Waals surface area contributed by atoms with Crippen LogP contribution in [0.3, 0.4) is 0 Å². The Kier molecular flexibility index (Phi) is 8.56. The van der Waals surface area contributed by atoms with Crippen LogP contribution in [0.5, 0.6) is 6.01 Å². The molecule has 2 N–H and O–H groups in total. The fraction of sp³-hybridized carbons (Fsp3) is 0.429. The second-order valence-corrected chi connectivity index (χ2v) is 6.99. The molecule has 2 aromatic rings. The molecule has 1 saturated heterocycles. The van der Waals surface area contributed by atoms with Crippen LogP contribution in [0.1, 0.15) is 11.3 Å². The molecule has 1 fully saturated rings. The van der Waals surface area contributed by atoms with Crippen molar-refractivity contribution in [2.75, 3.05) is 62.9 Å². The summed E-state index contributed by atoms with van der Waals surface area (Å²) in [5, 5.41) is 13.3. The Morgan fingerprint density at radius 2 is 2.13 bits per heavy atom.